The lowest BCUT2D eigenvalue weighted by molar-refractivity contribution is -0.136. The monoisotopic (exact) mass is 472 g/mol. The molecule has 0 saturated carbocycles. The van der Waals surface area contributed by atoms with Gasteiger partial charge in [0.1, 0.15) is 11.5 Å². The molecule has 0 bridgehead atoms. The summed E-state index contributed by atoms with van der Waals surface area (Å²) in [6, 6.07) is 13.3. The first kappa shape index (κ1) is 24.0. The van der Waals surface area contributed by atoms with Crippen LogP contribution in [0.3, 0.4) is 0 Å². The van der Waals surface area contributed by atoms with Crippen LogP contribution in [0, 0.1) is 5.92 Å². The van der Waals surface area contributed by atoms with Crippen molar-refractivity contribution in [3.8, 4) is 5.75 Å². The number of rotatable bonds is 10. The number of carboxylic acids is 1. The SMILES string of the molecule is CCCc1cccc(OCCc2cc3cc(CC(=O)O)ccc3[nH]2)c1C(=O)C1C=CC(=NO)C=C1. The zero-order valence-corrected chi connectivity index (χ0v) is 19.5. The summed E-state index contributed by atoms with van der Waals surface area (Å²) in [5.41, 5.74) is 4.62. The molecule has 1 heterocycles. The summed E-state index contributed by atoms with van der Waals surface area (Å²) in [5.74, 6) is -0.797. The second-order valence-electron chi connectivity index (χ2n) is 8.56. The Kier molecular flexibility index (Phi) is 7.45. The van der Waals surface area contributed by atoms with Crippen LogP contribution in [0.5, 0.6) is 5.75 Å². The largest absolute Gasteiger partial charge is 0.492 e. The van der Waals surface area contributed by atoms with Gasteiger partial charge in [0, 0.05) is 17.6 Å². The normalized spacial score (nSPS) is 14.9. The summed E-state index contributed by atoms with van der Waals surface area (Å²) in [4.78, 5) is 27.8. The highest BCUT2D eigenvalue weighted by Crippen LogP contribution is 2.29. The van der Waals surface area contributed by atoms with E-state index < -0.39 is 11.9 Å². The van der Waals surface area contributed by atoms with E-state index in [-0.39, 0.29) is 12.2 Å². The van der Waals surface area contributed by atoms with Crippen molar-refractivity contribution in [1.29, 1.82) is 0 Å². The second-order valence-corrected chi connectivity index (χ2v) is 8.56. The number of hydrogen-bond acceptors (Lipinski definition) is 5. The van der Waals surface area contributed by atoms with Crippen molar-refractivity contribution in [3.63, 3.8) is 0 Å². The number of hydrogen-bond donors (Lipinski definition) is 3. The molecule has 0 radical (unpaired) electrons. The molecule has 0 aliphatic heterocycles. The van der Waals surface area contributed by atoms with Crippen LogP contribution >= 0.6 is 0 Å². The molecule has 0 atom stereocenters. The van der Waals surface area contributed by atoms with E-state index in [1.54, 1.807) is 24.3 Å². The van der Waals surface area contributed by atoms with Crippen molar-refractivity contribution < 1.29 is 24.6 Å². The zero-order chi connectivity index (χ0) is 24.8. The highest BCUT2D eigenvalue weighted by molar-refractivity contribution is 6.09. The van der Waals surface area contributed by atoms with Gasteiger partial charge in [-0.15, -0.1) is 0 Å². The summed E-state index contributed by atoms with van der Waals surface area (Å²) in [6.07, 6.45) is 8.98. The summed E-state index contributed by atoms with van der Waals surface area (Å²) < 4.78 is 6.12. The van der Waals surface area contributed by atoms with Crippen LogP contribution in [0.2, 0.25) is 0 Å². The molecule has 1 aromatic heterocycles. The number of nitrogens with one attached hydrogen (secondary N) is 1. The Bertz CT molecular complexity index is 1320. The van der Waals surface area contributed by atoms with Crippen LogP contribution in [-0.4, -0.2) is 39.4 Å². The van der Waals surface area contributed by atoms with Gasteiger partial charge in [-0.05, 0) is 59.4 Å². The Morgan fingerprint density at radius 1 is 1.09 bits per heavy atom. The first-order chi connectivity index (χ1) is 17.0. The van der Waals surface area contributed by atoms with Gasteiger partial charge in [-0.2, -0.15) is 0 Å². The molecule has 2 aromatic carbocycles. The van der Waals surface area contributed by atoms with Crippen LogP contribution in [0.4, 0.5) is 0 Å². The minimum absolute atomic E-state index is 0.00997. The summed E-state index contributed by atoms with van der Waals surface area (Å²) in [5, 5.41) is 22.1. The highest BCUT2D eigenvalue weighted by Gasteiger charge is 2.24. The number of carbonyl (C=O) groups is 2. The van der Waals surface area contributed by atoms with Gasteiger partial charge in [-0.3, -0.25) is 9.59 Å². The van der Waals surface area contributed by atoms with E-state index >= 15 is 0 Å². The fraction of sp³-hybridized carbons (Fsp3) is 0.250. The van der Waals surface area contributed by atoms with Crippen molar-refractivity contribution in [2.45, 2.75) is 32.6 Å². The third-order valence-corrected chi connectivity index (χ3v) is 5.97. The molecule has 3 N–H and O–H groups in total. The van der Waals surface area contributed by atoms with Crippen molar-refractivity contribution in [3.05, 3.63) is 89.2 Å². The molecule has 4 rings (SSSR count). The number of H-pyrrole nitrogens is 1. The summed E-state index contributed by atoms with van der Waals surface area (Å²) in [6.45, 7) is 2.45. The van der Waals surface area contributed by atoms with Crippen LogP contribution < -0.4 is 4.74 Å². The predicted octanol–water partition coefficient (Wildman–Crippen LogP) is 5.12. The van der Waals surface area contributed by atoms with E-state index in [9.17, 15) is 9.59 Å². The van der Waals surface area contributed by atoms with Crippen molar-refractivity contribution in [2.24, 2.45) is 11.1 Å². The van der Waals surface area contributed by atoms with Gasteiger partial charge in [0.2, 0.25) is 0 Å². The van der Waals surface area contributed by atoms with E-state index in [4.69, 9.17) is 15.1 Å². The van der Waals surface area contributed by atoms with Gasteiger partial charge in [0.05, 0.1) is 24.5 Å². The lowest BCUT2D eigenvalue weighted by atomic mass is 9.89. The molecule has 0 fully saturated rings. The Hall–Kier alpha value is -4.13. The number of allylic oxidation sites excluding steroid dienone is 4. The number of aryl methyl sites for hydroxylation is 1. The van der Waals surface area contributed by atoms with Crippen molar-refractivity contribution in [2.75, 3.05) is 6.61 Å². The first-order valence-electron chi connectivity index (χ1n) is 11.7. The van der Waals surface area contributed by atoms with Gasteiger partial charge >= 0.3 is 5.97 Å². The smallest absolute Gasteiger partial charge is 0.307 e. The minimum atomic E-state index is -0.856. The van der Waals surface area contributed by atoms with Crippen molar-refractivity contribution in [1.82, 2.24) is 4.98 Å². The number of carbonyl (C=O) groups excluding carboxylic acids is 1. The number of aromatic amines is 1. The van der Waals surface area contributed by atoms with Crippen molar-refractivity contribution >= 4 is 28.4 Å². The molecule has 0 spiro atoms. The number of carboxylic acid groups (broad SMARTS) is 1. The Morgan fingerprint density at radius 3 is 2.60 bits per heavy atom. The molecule has 1 aliphatic rings. The summed E-state index contributed by atoms with van der Waals surface area (Å²) >= 11 is 0. The molecule has 0 unspecified atom stereocenters. The van der Waals surface area contributed by atoms with Crippen LogP contribution in [0.1, 0.15) is 40.5 Å². The van der Waals surface area contributed by atoms with Gasteiger partial charge in [-0.1, -0.05) is 48.9 Å². The number of ether oxygens (including phenoxy) is 1. The Balaban J connectivity index is 1.50. The fourth-order valence-electron chi connectivity index (χ4n) is 4.32. The second kappa shape index (κ2) is 10.9. The lowest BCUT2D eigenvalue weighted by Crippen LogP contribution is -2.17. The molecule has 3 aromatic rings. The van der Waals surface area contributed by atoms with Gasteiger partial charge < -0.3 is 20.0 Å². The molecular formula is C28H28N2O5. The molecule has 7 heteroatoms. The number of aromatic nitrogens is 1. The molecular weight excluding hydrogens is 444 g/mol. The maximum absolute atomic E-state index is 13.4. The van der Waals surface area contributed by atoms with Crippen LogP contribution in [0.25, 0.3) is 10.9 Å². The number of aliphatic carboxylic acids is 1. The van der Waals surface area contributed by atoms with Gasteiger partial charge in [-0.25, -0.2) is 0 Å². The molecule has 180 valence electrons. The number of benzene rings is 2. The third kappa shape index (κ3) is 5.69. The quantitative estimate of drug-likeness (QED) is 0.215. The van der Waals surface area contributed by atoms with E-state index in [1.165, 1.54) is 0 Å². The molecule has 7 nitrogen and oxygen atoms in total. The first-order valence-corrected chi connectivity index (χ1v) is 11.7. The molecule has 1 aliphatic carbocycles. The number of ketones is 1. The minimum Gasteiger partial charge on any atom is -0.492 e. The van der Waals surface area contributed by atoms with E-state index in [0.29, 0.717) is 30.1 Å². The van der Waals surface area contributed by atoms with Crippen LogP contribution in [0.15, 0.2) is 71.9 Å². The van der Waals surface area contributed by atoms with Crippen LogP contribution in [-0.2, 0) is 24.1 Å². The van der Waals surface area contributed by atoms with E-state index in [2.05, 4.69) is 17.1 Å². The maximum atomic E-state index is 13.4. The van der Waals surface area contributed by atoms with E-state index in [1.807, 2.05) is 42.5 Å². The Morgan fingerprint density at radius 2 is 1.89 bits per heavy atom. The topological polar surface area (TPSA) is 112 Å². The highest BCUT2D eigenvalue weighted by atomic mass is 16.5. The lowest BCUT2D eigenvalue weighted by Gasteiger charge is -2.18. The standard InChI is InChI=1S/C28H28N2O5/c1-2-4-19-5-3-6-25(27(19)28(33)20-8-10-22(30-34)11-9-20)35-14-13-23-17-21-15-18(16-26(31)32)7-12-24(21)29-23/h3,5-12,15,17,20,29,34H,2,4,13-14,16H2,1H3,(H,31,32). The predicted molar refractivity (Wildman–Crippen MR) is 135 cm³/mol. The number of fused-ring (bicyclic) bond motifs is 1. The maximum Gasteiger partial charge on any atom is 0.307 e. The van der Waals surface area contributed by atoms with Gasteiger partial charge in [0.15, 0.2) is 5.78 Å². The number of Topliss-reactive ketones (excluding diaryl/α,β-unsaturated/α-hetero) is 1. The molecule has 0 saturated heterocycles. The molecule has 0 amide bonds. The average molecular weight is 473 g/mol. The number of nitrogens with zero attached hydrogens (tertiary/aromatic N) is 1. The summed E-state index contributed by atoms with van der Waals surface area (Å²) in [7, 11) is 0. The molecule has 35 heavy (non-hydrogen) atoms. The van der Waals surface area contributed by atoms with E-state index in [0.717, 1.165) is 40.6 Å². The average Bonchev–Trinajstić information content (AvgIpc) is 3.26. The van der Waals surface area contributed by atoms with Gasteiger partial charge in [0.25, 0.3) is 0 Å². The number of oxime groups is 1. The fourth-order valence-corrected chi connectivity index (χ4v) is 4.32. The zero-order valence-electron chi connectivity index (χ0n) is 19.5. The Labute approximate surface area is 203 Å². The third-order valence-electron chi connectivity index (χ3n) is 5.97.